The Kier molecular flexibility index (Phi) is 7.27. The second-order valence-electron chi connectivity index (χ2n) is 14.2. The van der Waals surface area contributed by atoms with Gasteiger partial charge in [0.1, 0.15) is 17.2 Å². The Morgan fingerprint density at radius 2 is 1.44 bits per heavy atom. The number of aromatic amines is 2. The summed E-state index contributed by atoms with van der Waals surface area (Å²) in [6.07, 6.45) is 5.94. The number of fused-ring (bicyclic) bond motifs is 4. The van der Waals surface area contributed by atoms with E-state index in [1.54, 1.807) is 4.90 Å². The molecule has 0 radical (unpaired) electrons. The van der Waals surface area contributed by atoms with Gasteiger partial charge in [-0.2, -0.15) is 0 Å². The zero-order valence-electron chi connectivity index (χ0n) is 27.5. The third-order valence-corrected chi connectivity index (χ3v) is 9.91. The van der Waals surface area contributed by atoms with Crippen molar-refractivity contribution in [2.75, 3.05) is 13.1 Å². The smallest absolute Gasteiger partial charge is 0.410 e. The summed E-state index contributed by atoms with van der Waals surface area (Å²) >= 11 is 0. The third kappa shape index (κ3) is 5.48. The Bertz CT molecular complexity index is 2060. The number of imidazole rings is 2. The minimum atomic E-state index is -0.894. The minimum Gasteiger partial charge on any atom is -0.465 e. The van der Waals surface area contributed by atoms with E-state index in [-0.39, 0.29) is 18.2 Å². The van der Waals surface area contributed by atoms with Gasteiger partial charge >= 0.3 is 12.2 Å². The number of amides is 2. The van der Waals surface area contributed by atoms with Crippen molar-refractivity contribution >= 4 is 23.2 Å². The van der Waals surface area contributed by atoms with E-state index >= 15 is 0 Å². The van der Waals surface area contributed by atoms with Crippen molar-refractivity contribution in [1.82, 2.24) is 29.7 Å². The second-order valence-corrected chi connectivity index (χ2v) is 14.2. The topological polar surface area (TPSA) is 127 Å². The number of nitrogens with zero attached hydrogens (tertiary/aromatic N) is 4. The molecule has 10 nitrogen and oxygen atoms in total. The van der Waals surface area contributed by atoms with Crippen LogP contribution in [0.25, 0.3) is 44.5 Å². The fraction of sp³-hybridized carbons (Fsp3) is 0.368. The Morgan fingerprint density at radius 3 is 2.15 bits per heavy atom. The average Bonchev–Trinajstić information content (AvgIpc) is 3.88. The van der Waals surface area contributed by atoms with Gasteiger partial charge in [0.05, 0.1) is 35.0 Å². The van der Waals surface area contributed by atoms with Gasteiger partial charge in [-0.3, -0.25) is 9.80 Å². The number of carbonyl (C=O) groups excluding carboxylic acids is 1. The normalized spacial score (nSPS) is 19.1. The molecule has 48 heavy (non-hydrogen) atoms. The molecule has 0 saturated carbocycles. The van der Waals surface area contributed by atoms with E-state index in [4.69, 9.17) is 9.72 Å². The molecule has 3 N–H and O–H groups in total. The molecule has 8 rings (SSSR count). The summed E-state index contributed by atoms with van der Waals surface area (Å²) in [5.74, 6) is 1.52. The van der Waals surface area contributed by atoms with E-state index in [1.165, 1.54) is 27.2 Å². The highest BCUT2D eigenvalue weighted by molar-refractivity contribution is 5.84. The quantitative estimate of drug-likeness (QED) is 0.181. The molecule has 0 bridgehead atoms. The van der Waals surface area contributed by atoms with Gasteiger partial charge < -0.3 is 19.8 Å². The predicted molar refractivity (Wildman–Crippen MR) is 184 cm³/mol. The zero-order valence-corrected chi connectivity index (χ0v) is 27.5. The first-order chi connectivity index (χ1) is 23.1. The number of H-pyrrole nitrogens is 2. The Hall–Kier alpha value is -5.12. The molecule has 2 saturated heterocycles. The predicted octanol–water partition coefficient (Wildman–Crippen LogP) is 8.27. The van der Waals surface area contributed by atoms with Gasteiger partial charge in [0.25, 0.3) is 0 Å². The molecule has 246 valence electrons. The summed E-state index contributed by atoms with van der Waals surface area (Å²) in [4.78, 5) is 44.2. The lowest BCUT2D eigenvalue weighted by atomic mass is 9.83. The van der Waals surface area contributed by atoms with Crippen molar-refractivity contribution in [3.8, 4) is 33.5 Å². The minimum absolute atomic E-state index is 0.120. The summed E-state index contributed by atoms with van der Waals surface area (Å²) in [6.45, 7) is 6.89. The molecule has 3 aromatic carbocycles. The van der Waals surface area contributed by atoms with Gasteiger partial charge in [0, 0.05) is 13.1 Å². The van der Waals surface area contributed by atoms with Crippen LogP contribution in [0.1, 0.15) is 81.3 Å². The van der Waals surface area contributed by atoms with E-state index in [1.807, 2.05) is 27.0 Å². The molecule has 4 heterocycles. The zero-order chi connectivity index (χ0) is 33.2. The number of rotatable bonds is 4. The number of likely N-dealkylation sites (tertiary alicyclic amines) is 2. The number of ether oxygens (including phenoxy) is 1. The Balaban J connectivity index is 1.02. The van der Waals surface area contributed by atoms with Gasteiger partial charge in [-0.05, 0) is 116 Å². The van der Waals surface area contributed by atoms with Crippen LogP contribution in [0.4, 0.5) is 9.59 Å². The molecule has 2 fully saturated rings. The van der Waals surface area contributed by atoms with Crippen LogP contribution in [0, 0.1) is 0 Å². The third-order valence-electron chi connectivity index (χ3n) is 9.91. The summed E-state index contributed by atoms with van der Waals surface area (Å²) < 4.78 is 5.67. The Morgan fingerprint density at radius 1 is 0.812 bits per heavy atom. The lowest BCUT2D eigenvalue weighted by Crippen LogP contribution is -2.36. The molecule has 2 unspecified atom stereocenters. The van der Waals surface area contributed by atoms with Crippen LogP contribution in [0.5, 0.6) is 0 Å². The summed E-state index contributed by atoms with van der Waals surface area (Å²) in [5.41, 5.74) is 10.7. The lowest BCUT2D eigenvalue weighted by molar-refractivity contribution is 0.0219. The van der Waals surface area contributed by atoms with Crippen LogP contribution in [-0.2, 0) is 17.6 Å². The number of hydrogen-bond acceptors (Lipinski definition) is 5. The van der Waals surface area contributed by atoms with Crippen molar-refractivity contribution in [3.63, 3.8) is 0 Å². The van der Waals surface area contributed by atoms with Crippen LogP contribution in [0.3, 0.4) is 0 Å². The summed E-state index contributed by atoms with van der Waals surface area (Å²) in [6, 6.07) is 19.3. The first kappa shape index (κ1) is 30.2. The average molecular weight is 645 g/mol. The number of benzene rings is 3. The molecule has 2 aromatic heterocycles. The van der Waals surface area contributed by atoms with Gasteiger partial charge in [0.2, 0.25) is 0 Å². The molecule has 1 aliphatic carbocycles. The second kappa shape index (κ2) is 11.5. The SMILES string of the molecule is CC(C)(C)OC(=O)N1CCCC1c1nc2ccc(-c3ccc4c(c3)CCc3cc(-c5cnc(C6CCCN6C(=O)O)[nH]5)ccc3-4)cc2[nH]1. The van der Waals surface area contributed by atoms with Crippen LogP contribution in [0.15, 0.2) is 60.8 Å². The monoisotopic (exact) mass is 644 g/mol. The van der Waals surface area contributed by atoms with Crippen molar-refractivity contribution in [1.29, 1.82) is 0 Å². The fourth-order valence-corrected chi connectivity index (χ4v) is 7.63. The molecule has 10 heteroatoms. The van der Waals surface area contributed by atoms with Crippen LogP contribution in [-0.4, -0.2) is 65.7 Å². The number of carbonyl (C=O) groups is 2. The molecule has 2 amide bonds. The lowest BCUT2D eigenvalue weighted by Gasteiger charge is -2.27. The van der Waals surface area contributed by atoms with E-state index in [0.29, 0.717) is 18.9 Å². The molecule has 5 aromatic rings. The van der Waals surface area contributed by atoms with Crippen LogP contribution in [0.2, 0.25) is 0 Å². The van der Waals surface area contributed by atoms with Crippen molar-refractivity contribution in [3.05, 3.63) is 83.6 Å². The Labute approximate surface area is 279 Å². The largest absolute Gasteiger partial charge is 0.465 e. The first-order valence-electron chi connectivity index (χ1n) is 16.9. The van der Waals surface area contributed by atoms with Crippen molar-refractivity contribution in [2.24, 2.45) is 0 Å². The maximum Gasteiger partial charge on any atom is 0.410 e. The van der Waals surface area contributed by atoms with Gasteiger partial charge in [-0.25, -0.2) is 19.6 Å². The number of carboxylic acid groups (broad SMARTS) is 1. The molecular formula is C38H40N6O4. The molecule has 0 spiro atoms. The fourth-order valence-electron chi connectivity index (χ4n) is 7.63. The van der Waals surface area contributed by atoms with Gasteiger partial charge in [-0.1, -0.05) is 36.4 Å². The molecule has 3 aliphatic rings. The maximum absolute atomic E-state index is 12.9. The van der Waals surface area contributed by atoms with Crippen LogP contribution < -0.4 is 0 Å². The number of aryl methyl sites for hydroxylation is 2. The van der Waals surface area contributed by atoms with Gasteiger partial charge in [0.15, 0.2) is 0 Å². The number of hydrogen-bond donors (Lipinski definition) is 3. The van der Waals surface area contributed by atoms with E-state index in [9.17, 15) is 14.7 Å². The highest BCUT2D eigenvalue weighted by Gasteiger charge is 2.35. The highest BCUT2D eigenvalue weighted by atomic mass is 16.6. The standard InChI is InChI=1S/C38H40N6O4/c1-38(2,3)48-37(47)44-17-5-7-33(44)35-40-29-15-12-23(20-30(29)41-35)22-10-13-27-24(18-22)8-9-25-19-26(11-14-28(25)27)31-21-39-34(42-31)32-6-4-16-43(32)36(45)46/h10-15,18-21,32-33H,4-9,16-17H2,1-3H3,(H,39,42)(H,40,41)(H,45,46). The number of aromatic nitrogens is 4. The first-order valence-corrected chi connectivity index (χ1v) is 16.9. The summed E-state index contributed by atoms with van der Waals surface area (Å²) in [5, 5.41) is 9.56. The van der Waals surface area contributed by atoms with E-state index in [0.717, 1.165) is 77.8 Å². The molecule has 2 aliphatic heterocycles. The van der Waals surface area contributed by atoms with Crippen molar-refractivity contribution in [2.45, 2.75) is 77.0 Å². The molecule has 2 atom stereocenters. The summed E-state index contributed by atoms with van der Waals surface area (Å²) in [7, 11) is 0. The van der Waals surface area contributed by atoms with Gasteiger partial charge in [-0.15, -0.1) is 0 Å². The maximum atomic E-state index is 12.9. The number of nitrogens with one attached hydrogen (secondary N) is 2. The molecular weight excluding hydrogens is 604 g/mol. The van der Waals surface area contributed by atoms with E-state index in [2.05, 4.69) is 69.5 Å². The van der Waals surface area contributed by atoms with E-state index < -0.39 is 11.7 Å². The highest BCUT2D eigenvalue weighted by Crippen LogP contribution is 2.39. The van der Waals surface area contributed by atoms with Crippen LogP contribution >= 0.6 is 0 Å². The van der Waals surface area contributed by atoms with Crippen molar-refractivity contribution < 1.29 is 19.4 Å².